The summed E-state index contributed by atoms with van der Waals surface area (Å²) in [7, 11) is 1.28. The fraction of sp³-hybridized carbons (Fsp3) is 0.286. The summed E-state index contributed by atoms with van der Waals surface area (Å²) in [6.45, 7) is 5.64. The van der Waals surface area contributed by atoms with E-state index in [2.05, 4.69) is 16.6 Å². The maximum Gasteiger partial charge on any atom is 0.325 e. The highest BCUT2D eigenvalue weighted by Crippen LogP contribution is 2.09. The SMILES string of the molecule is C=C(C)Cc1cccc(C(=O)NCC(=O)OC)c1. The number of hydrogen-bond donors (Lipinski definition) is 1. The maximum absolute atomic E-state index is 11.8. The number of benzene rings is 1. The van der Waals surface area contributed by atoms with Crippen molar-refractivity contribution in [1.82, 2.24) is 5.32 Å². The Balaban J connectivity index is 2.68. The van der Waals surface area contributed by atoms with E-state index >= 15 is 0 Å². The summed E-state index contributed by atoms with van der Waals surface area (Å²) in [4.78, 5) is 22.7. The molecule has 0 bridgehead atoms. The maximum atomic E-state index is 11.8. The van der Waals surface area contributed by atoms with Gasteiger partial charge >= 0.3 is 5.97 Å². The van der Waals surface area contributed by atoms with Gasteiger partial charge in [-0.15, -0.1) is 0 Å². The van der Waals surface area contributed by atoms with Gasteiger partial charge in [0.2, 0.25) is 0 Å². The van der Waals surface area contributed by atoms with Crippen molar-refractivity contribution in [3.05, 3.63) is 47.5 Å². The summed E-state index contributed by atoms with van der Waals surface area (Å²) in [6.07, 6.45) is 0.734. The molecule has 96 valence electrons. The lowest BCUT2D eigenvalue weighted by molar-refractivity contribution is -0.139. The smallest absolute Gasteiger partial charge is 0.325 e. The summed E-state index contributed by atoms with van der Waals surface area (Å²) < 4.78 is 4.45. The number of esters is 1. The molecule has 4 heteroatoms. The molecule has 0 atom stereocenters. The lowest BCUT2D eigenvalue weighted by atomic mass is 10.0. The molecule has 1 aromatic rings. The number of hydrogen-bond acceptors (Lipinski definition) is 3. The van der Waals surface area contributed by atoms with Crippen molar-refractivity contribution < 1.29 is 14.3 Å². The van der Waals surface area contributed by atoms with Gasteiger partial charge in [0.15, 0.2) is 0 Å². The summed E-state index contributed by atoms with van der Waals surface area (Å²) in [6, 6.07) is 7.24. The average molecular weight is 247 g/mol. The third kappa shape index (κ3) is 4.41. The molecule has 1 amide bonds. The predicted molar refractivity (Wildman–Crippen MR) is 69.3 cm³/mol. The molecule has 0 spiro atoms. The van der Waals surface area contributed by atoms with Crippen LogP contribution >= 0.6 is 0 Å². The number of nitrogens with one attached hydrogen (secondary N) is 1. The highest BCUT2D eigenvalue weighted by molar-refractivity contribution is 5.96. The Labute approximate surface area is 107 Å². The summed E-state index contributed by atoms with van der Waals surface area (Å²) >= 11 is 0. The molecule has 1 aromatic carbocycles. The Hall–Kier alpha value is -2.10. The standard InChI is InChI=1S/C14H17NO3/c1-10(2)7-11-5-4-6-12(8-11)14(17)15-9-13(16)18-3/h4-6,8H,1,7,9H2,2-3H3,(H,15,17). The monoisotopic (exact) mass is 247 g/mol. The van der Waals surface area contributed by atoms with E-state index in [4.69, 9.17) is 0 Å². The van der Waals surface area contributed by atoms with Crippen molar-refractivity contribution in [3.63, 3.8) is 0 Å². The number of methoxy groups -OCH3 is 1. The quantitative estimate of drug-likeness (QED) is 0.636. The van der Waals surface area contributed by atoms with Crippen LogP contribution in [0.2, 0.25) is 0 Å². The third-order valence-electron chi connectivity index (χ3n) is 2.32. The molecule has 0 saturated heterocycles. The molecule has 0 aliphatic heterocycles. The minimum absolute atomic E-state index is 0.125. The van der Waals surface area contributed by atoms with E-state index in [1.54, 1.807) is 12.1 Å². The highest BCUT2D eigenvalue weighted by Gasteiger charge is 2.08. The largest absolute Gasteiger partial charge is 0.468 e. The van der Waals surface area contributed by atoms with Crippen molar-refractivity contribution in [3.8, 4) is 0 Å². The zero-order valence-corrected chi connectivity index (χ0v) is 10.7. The van der Waals surface area contributed by atoms with Gasteiger partial charge in [-0.05, 0) is 31.0 Å². The molecule has 0 unspecified atom stereocenters. The van der Waals surface area contributed by atoms with Crippen molar-refractivity contribution in [2.45, 2.75) is 13.3 Å². The Kier molecular flexibility index (Phi) is 5.11. The Bertz CT molecular complexity index is 466. The number of carbonyl (C=O) groups excluding carboxylic acids is 2. The molecule has 1 rings (SSSR count). The molecule has 0 heterocycles. The lowest BCUT2D eigenvalue weighted by Crippen LogP contribution is -2.30. The third-order valence-corrected chi connectivity index (χ3v) is 2.32. The van der Waals surface area contributed by atoms with Crippen LogP contribution in [0.4, 0.5) is 0 Å². The van der Waals surface area contributed by atoms with Gasteiger partial charge in [-0.25, -0.2) is 0 Å². The van der Waals surface area contributed by atoms with Crippen LogP contribution in [0.15, 0.2) is 36.4 Å². The second kappa shape index (κ2) is 6.59. The Morgan fingerprint density at radius 3 is 2.72 bits per heavy atom. The highest BCUT2D eigenvalue weighted by atomic mass is 16.5. The average Bonchev–Trinajstić information content (AvgIpc) is 2.35. The number of allylic oxidation sites excluding steroid dienone is 1. The number of rotatable bonds is 5. The molecule has 0 radical (unpaired) electrons. The molecular weight excluding hydrogens is 230 g/mol. The van der Waals surface area contributed by atoms with Gasteiger partial charge in [0.05, 0.1) is 7.11 Å². The summed E-state index contributed by atoms with van der Waals surface area (Å²) in [5.41, 5.74) is 2.58. The van der Waals surface area contributed by atoms with Crippen molar-refractivity contribution in [1.29, 1.82) is 0 Å². The van der Waals surface area contributed by atoms with E-state index in [1.807, 2.05) is 19.1 Å². The first-order valence-electron chi connectivity index (χ1n) is 5.61. The molecular formula is C14H17NO3. The molecule has 0 saturated carbocycles. The Morgan fingerprint density at radius 1 is 1.39 bits per heavy atom. The molecule has 0 fully saturated rings. The topological polar surface area (TPSA) is 55.4 Å². The van der Waals surface area contributed by atoms with Gasteiger partial charge < -0.3 is 10.1 Å². The van der Waals surface area contributed by atoms with Gasteiger partial charge in [-0.2, -0.15) is 0 Å². The zero-order valence-electron chi connectivity index (χ0n) is 10.7. The van der Waals surface area contributed by atoms with E-state index in [-0.39, 0.29) is 12.5 Å². The first-order valence-corrected chi connectivity index (χ1v) is 5.61. The van der Waals surface area contributed by atoms with Crippen LogP contribution in [0.25, 0.3) is 0 Å². The van der Waals surface area contributed by atoms with Crippen LogP contribution in [0.3, 0.4) is 0 Å². The van der Waals surface area contributed by atoms with Gasteiger partial charge in [0, 0.05) is 5.56 Å². The predicted octanol–water partition coefficient (Wildman–Crippen LogP) is 1.71. The minimum atomic E-state index is -0.471. The van der Waals surface area contributed by atoms with Crippen molar-refractivity contribution >= 4 is 11.9 Å². The van der Waals surface area contributed by atoms with E-state index < -0.39 is 5.97 Å². The first-order chi connectivity index (χ1) is 8.52. The number of amides is 1. The van der Waals surface area contributed by atoms with Crippen molar-refractivity contribution in [2.24, 2.45) is 0 Å². The van der Waals surface area contributed by atoms with Crippen LogP contribution in [-0.2, 0) is 16.0 Å². The van der Waals surface area contributed by atoms with Gasteiger partial charge in [-0.1, -0.05) is 24.3 Å². The van der Waals surface area contributed by atoms with Crippen LogP contribution < -0.4 is 5.32 Å². The van der Waals surface area contributed by atoms with Crippen LogP contribution in [0, 0.1) is 0 Å². The molecule has 0 aliphatic rings. The van der Waals surface area contributed by atoms with Crippen LogP contribution in [0.1, 0.15) is 22.8 Å². The van der Waals surface area contributed by atoms with E-state index in [0.29, 0.717) is 5.56 Å². The lowest BCUT2D eigenvalue weighted by Gasteiger charge is -2.06. The number of carbonyl (C=O) groups is 2. The van der Waals surface area contributed by atoms with Crippen molar-refractivity contribution in [2.75, 3.05) is 13.7 Å². The normalized spacial score (nSPS) is 9.67. The molecule has 0 aliphatic carbocycles. The minimum Gasteiger partial charge on any atom is -0.468 e. The zero-order chi connectivity index (χ0) is 13.5. The first kappa shape index (κ1) is 14.0. The Morgan fingerprint density at radius 2 is 2.11 bits per heavy atom. The van der Waals surface area contributed by atoms with Gasteiger partial charge in [-0.3, -0.25) is 9.59 Å². The van der Waals surface area contributed by atoms with E-state index in [0.717, 1.165) is 17.6 Å². The second-order valence-electron chi connectivity index (χ2n) is 4.09. The van der Waals surface area contributed by atoms with Crippen LogP contribution in [0.5, 0.6) is 0 Å². The van der Waals surface area contributed by atoms with Gasteiger partial charge in [0.25, 0.3) is 5.91 Å². The summed E-state index contributed by atoms with van der Waals surface area (Å²) in [5, 5.41) is 2.49. The molecule has 18 heavy (non-hydrogen) atoms. The fourth-order valence-electron chi connectivity index (χ4n) is 1.50. The number of ether oxygens (including phenoxy) is 1. The fourth-order valence-corrected chi connectivity index (χ4v) is 1.50. The second-order valence-corrected chi connectivity index (χ2v) is 4.09. The van der Waals surface area contributed by atoms with E-state index in [1.165, 1.54) is 7.11 Å². The summed E-state index contributed by atoms with van der Waals surface area (Å²) in [5.74, 6) is -0.759. The molecule has 4 nitrogen and oxygen atoms in total. The molecule has 0 aromatic heterocycles. The van der Waals surface area contributed by atoms with Crippen LogP contribution in [-0.4, -0.2) is 25.5 Å². The van der Waals surface area contributed by atoms with E-state index in [9.17, 15) is 9.59 Å². The van der Waals surface area contributed by atoms with Gasteiger partial charge in [0.1, 0.15) is 6.54 Å². The molecule has 1 N–H and O–H groups in total.